The lowest BCUT2D eigenvalue weighted by atomic mass is 9.80. The van der Waals surface area contributed by atoms with Crippen LogP contribution in [-0.4, -0.2) is 46.6 Å². The highest BCUT2D eigenvalue weighted by Crippen LogP contribution is 2.44. The summed E-state index contributed by atoms with van der Waals surface area (Å²) in [5.41, 5.74) is 3.83. The number of nitrogens with zero attached hydrogens (tertiary/aromatic N) is 3. The minimum atomic E-state index is -0.489. The Balaban J connectivity index is 1.60. The number of piperidine rings is 1. The number of likely N-dealkylation sites (tertiary alicyclic amines) is 1. The zero-order chi connectivity index (χ0) is 26.2. The van der Waals surface area contributed by atoms with Crippen LogP contribution in [0.2, 0.25) is 0 Å². The number of carbonyl (C=O) groups is 2. The summed E-state index contributed by atoms with van der Waals surface area (Å²) in [6.07, 6.45) is 1.54. The Morgan fingerprint density at radius 1 is 1.08 bits per heavy atom. The van der Waals surface area contributed by atoms with Gasteiger partial charge in [0.05, 0.1) is 6.04 Å². The Morgan fingerprint density at radius 3 is 2.39 bits per heavy atom. The summed E-state index contributed by atoms with van der Waals surface area (Å²) in [4.78, 5) is 33.6. The van der Waals surface area contributed by atoms with Gasteiger partial charge in [-0.3, -0.25) is 4.79 Å². The van der Waals surface area contributed by atoms with Crippen molar-refractivity contribution < 1.29 is 14.3 Å². The van der Waals surface area contributed by atoms with E-state index >= 15 is 0 Å². The van der Waals surface area contributed by atoms with Crippen LogP contribution in [0.5, 0.6) is 0 Å². The van der Waals surface area contributed by atoms with Crippen LogP contribution in [0.3, 0.4) is 0 Å². The van der Waals surface area contributed by atoms with E-state index in [2.05, 4.69) is 42.3 Å². The molecule has 1 fully saturated rings. The second-order valence-electron chi connectivity index (χ2n) is 11.3. The Kier molecular flexibility index (Phi) is 7.30. The van der Waals surface area contributed by atoms with Crippen LogP contribution in [0.25, 0.3) is 0 Å². The number of amides is 2. The smallest absolute Gasteiger partial charge is 0.410 e. The Hall–Kier alpha value is -3.09. The Morgan fingerprint density at radius 2 is 1.78 bits per heavy atom. The lowest BCUT2D eigenvalue weighted by Gasteiger charge is -2.44. The number of hydrogen-bond donors (Lipinski definition) is 1. The zero-order valence-electron chi connectivity index (χ0n) is 22.7. The molecule has 2 aliphatic heterocycles. The molecule has 4 rings (SSSR count). The molecule has 1 N–H and O–H groups in total. The van der Waals surface area contributed by atoms with Crippen LogP contribution in [0.15, 0.2) is 36.4 Å². The molecule has 2 aromatic rings. The number of anilines is 2. The fourth-order valence-electron chi connectivity index (χ4n) is 5.48. The van der Waals surface area contributed by atoms with E-state index in [1.807, 2.05) is 55.7 Å². The summed E-state index contributed by atoms with van der Waals surface area (Å²) in [6, 6.07) is 12.6. The standard InChI is InChI=1S/C29H40N4O3/c1-18-9-8-10-26(30-18)31-27-19(2)20(3)33(21(4)34)25-12-11-23(17-24(25)27)22-13-15-32(16-14-22)28(35)36-29(5,6)7/h8-12,17,19-20,22,27H,13-16H2,1-7H3,(H,30,31)/t19?,20-,27?/m0/s1. The SMILES string of the molecule is CC(=O)N1c2ccc(C3CCN(C(=O)OC(C)(C)C)CC3)cc2C(Nc2cccc(C)n2)C(C)[C@@H]1C. The van der Waals surface area contributed by atoms with Crippen molar-refractivity contribution in [2.75, 3.05) is 23.3 Å². The number of rotatable bonds is 3. The van der Waals surface area contributed by atoms with Gasteiger partial charge in [0.2, 0.25) is 5.91 Å². The van der Waals surface area contributed by atoms with E-state index in [-0.39, 0.29) is 30.0 Å². The number of hydrogen-bond acceptors (Lipinski definition) is 5. The summed E-state index contributed by atoms with van der Waals surface area (Å²) < 4.78 is 5.56. The lowest BCUT2D eigenvalue weighted by molar-refractivity contribution is -0.117. The van der Waals surface area contributed by atoms with Gasteiger partial charge in [0, 0.05) is 43.4 Å². The van der Waals surface area contributed by atoms with Crippen molar-refractivity contribution in [3.05, 3.63) is 53.2 Å². The first-order valence-corrected chi connectivity index (χ1v) is 13.1. The molecule has 194 valence electrons. The van der Waals surface area contributed by atoms with E-state index in [1.165, 1.54) is 5.56 Å². The third-order valence-electron chi connectivity index (χ3n) is 7.49. The van der Waals surface area contributed by atoms with Crippen molar-refractivity contribution in [1.29, 1.82) is 0 Å². The molecule has 7 nitrogen and oxygen atoms in total. The number of aromatic nitrogens is 1. The van der Waals surface area contributed by atoms with Gasteiger partial charge in [0.25, 0.3) is 0 Å². The number of benzene rings is 1. The summed E-state index contributed by atoms with van der Waals surface area (Å²) >= 11 is 0. The van der Waals surface area contributed by atoms with Gasteiger partial charge in [-0.1, -0.05) is 25.1 Å². The van der Waals surface area contributed by atoms with E-state index in [9.17, 15) is 9.59 Å². The van der Waals surface area contributed by atoms with Gasteiger partial charge < -0.3 is 19.9 Å². The fourth-order valence-corrected chi connectivity index (χ4v) is 5.48. The van der Waals surface area contributed by atoms with Crippen molar-refractivity contribution in [2.24, 2.45) is 5.92 Å². The average molecular weight is 493 g/mol. The maximum Gasteiger partial charge on any atom is 0.410 e. The first kappa shape index (κ1) is 26.0. The predicted molar refractivity (Wildman–Crippen MR) is 143 cm³/mol. The van der Waals surface area contributed by atoms with E-state index in [0.717, 1.165) is 35.6 Å². The minimum Gasteiger partial charge on any atom is -0.444 e. The Labute approximate surface area is 215 Å². The summed E-state index contributed by atoms with van der Waals surface area (Å²) in [7, 11) is 0. The van der Waals surface area contributed by atoms with Gasteiger partial charge in [-0.05, 0) is 82.7 Å². The summed E-state index contributed by atoms with van der Waals surface area (Å²) in [5.74, 6) is 1.44. The molecule has 3 atom stereocenters. The van der Waals surface area contributed by atoms with Crippen molar-refractivity contribution in [2.45, 2.75) is 84.9 Å². The molecule has 2 amide bonds. The van der Waals surface area contributed by atoms with Gasteiger partial charge in [-0.2, -0.15) is 0 Å². The van der Waals surface area contributed by atoms with Crippen LogP contribution in [0.1, 0.15) is 83.2 Å². The number of nitrogens with one attached hydrogen (secondary N) is 1. The van der Waals surface area contributed by atoms with Crippen LogP contribution >= 0.6 is 0 Å². The largest absolute Gasteiger partial charge is 0.444 e. The molecule has 36 heavy (non-hydrogen) atoms. The third-order valence-corrected chi connectivity index (χ3v) is 7.49. The minimum absolute atomic E-state index is 0.0294. The first-order chi connectivity index (χ1) is 16.9. The van der Waals surface area contributed by atoms with Gasteiger partial charge in [-0.25, -0.2) is 9.78 Å². The molecule has 1 saturated heterocycles. The number of pyridine rings is 1. The molecule has 1 aromatic heterocycles. The molecule has 2 unspecified atom stereocenters. The van der Waals surface area contributed by atoms with E-state index in [4.69, 9.17) is 4.74 Å². The number of ether oxygens (including phenoxy) is 1. The molecule has 0 aliphatic carbocycles. The maximum absolute atomic E-state index is 12.7. The van der Waals surface area contributed by atoms with Crippen LogP contribution in [0, 0.1) is 12.8 Å². The quantitative estimate of drug-likeness (QED) is 0.565. The highest BCUT2D eigenvalue weighted by Gasteiger charge is 2.39. The second kappa shape index (κ2) is 10.1. The molecule has 2 aliphatic rings. The van der Waals surface area contributed by atoms with Crippen LogP contribution in [-0.2, 0) is 9.53 Å². The Bertz CT molecular complexity index is 1120. The zero-order valence-corrected chi connectivity index (χ0v) is 22.7. The lowest BCUT2D eigenvalue weighted by Crippen LogP contribution is -2.48. The third kappa shape index (κ3) is 5.50. The number of aryl methyl sites for hydroxylation is 1. The van der Waals surface area contributed by atoms with Gasteiger partial charge in [0.15, 0.2) is 0 Å². The van der Waals surface area contributed by atoms with Gasteiger partial charge in [0.1, 0.15) is 11.4 Å². The molecule has 0 radical (unpaired) electrons. The summed E-state index contributed by atoms with van der Waals surface area (Å²) in [6.45, 7) is 15.0. The van der Waals surface area contributed by atoms with Gasteiger partial charge in [-0.15, -0.1) is 0 Å². The second-order valence-corrected chi connectivity index (χ2v) is 11.3. The molecular formula is C29H40N4O3. The summed E-state index contributed by atoms with van der Waals surface area (Å²) in [5, 5.41) is 3.67. The number of carbonyl (C=O) groups excluding carboxylic acids is 2. The van der Waals surface area contributed by atoms with E-state index in [0.29, 0.717) is 19.0 Å². The topological polar surface area (TPSA) is 74.8 Å². The normalized spacial score (nSPS) is 22.7. The van der Waals surface area contributed by atoms with Crippen LogP contribution in [0.4, 0.5) is 16.3 Å². The molecule has 0 bridgehead atoms. The van der Waals surface area contributed by atoms with E-state index < -0.39 is 5.60 Å². The highest BCUT2D eigenvalue weighted by atomic mass is 16.6. The predicted octanol–water partition coefficient (Wildman–Crippen LogP) is 6.05. The number of fused-ring (bicyclic) bond motifs is 1. The first-order valence-electron chi connectivity index (χ1n) is 13.1. The van der Waals surface area contributed by atoms with Gasteiger partial charge >= 0.3 is 6.09 Å². The van der Waals surface area contributed by atoms with Crippen molar-refractivity contribution in [1.82, 2.24) is 9.88 Å². The molecule has 0 saturated carbocycles. The molecule has 1 aromatic carbocycles. The van der Waals surface area contributed by atoms with Crippen molar-refractivity contribution >= 4 is 23.5 Å². The molecule has 0 spiro atoms. The maximum atomic E-state index is 12.7. The highest BCUT2D eigenvalue weighted by molar-refractivity contribution is 5.94. The van der Waals surface area contributed by atoms with Crippen molar-refractivity contribution in [3.63, 3.8) is 0 Å². The van der Waals surface area contributed by atoms with Crippen LogP contribution < -0.4 is 10.2 Å². The monoisotopic (exact) mass is 492 g/mol. The fraction of sp³-hybridized carbons (Fsp3) is 0.552. The van der Waals surface area contributed by atoms with E-state index in [1.54, 1.807) is 6.92 Å². The van der Waals surface area contributed by atoms with Crippen molar-refractivity contribution in [3.8, 4) is 0 Å². The molecular weight excluding hydrogens is 452 g/mol. The average Bonchev–Trinajstić information content (AvgIpc) is 2.81. The molecule has 7 heteroatoms. The molecule has 3 heterocycles.